The van der Waals surface area contributed by atoms with Crippen LogP contribution in [0.3, 0.4) is 0 Å². The second kappa shape index (κ2) is 9.18. The molecule has 1 rings (SSSR count). The Morgan fingerprint density at radius 2 is 1.74 bits per heavy atom. The largest absolute Gasteiger partial charge is 0.481 e. The summed E-state index contributed by atoms with van der Waals surface area (Å²) < 4.78 is 0. The molecule has 0 fully saturated rings. The zero-order chi connectivity index (χ0) is 14.1. The lowest BCUT2D eigenvalue weighted by Crippen LogP contribution is -2.32. The number of alkyl halides is 2. The number of rotatable bonds is 9. The predicted octanol–water partition coefficient (Wildman–Crippen LogP) is 3.37. The molecule has 0 saturated carbocycles. The van der Waals surface area contributed by atoms with Gasteiger partial charge < -0.3 is 5.11 Å². The topological polar surface area (TPSA) is 40.5 Å². The van der Waals surface area contributed by atoms with Crippen LogP contribution in [0.4, 0.5) is 0 Å². The Kier molecular flexibility index (Phi) is 7.87. The van der Waals surface area contributed by atoms with Gasteiger partial charge in [-0.05, 0) is 12.0 Å². The molecule has 0 aromatic heterocycles. The van der Waals surface area contributed by atoms with Crippen LogP contribution in [0.5, 0.6) is 0 Å². The quantitative estimate of drug-likeness (QED) is 0.711. The predicted molar refractivity (Wildman–Crippen MR) is 79.1 cm³/mol. The monoisotopic (exact) mass is 303 g/mol. The molecule has 19 heavy (non-hydrogen) atoms. The van der Waals surface area contributed by atoms with E-state index < -0.39 is 5.97 Å². The summed E-state index contributed by atoms with van der Waals surface area (Å²) in [7, 11) is 0. The Bertz CT molecular complexity index is 367. The highest BCUT2D eigenvalue weighted by atomic mass is 35.5. The number of benzene rings is 1. The van der Waals surface area contributed by atoms with Crippen LogP contribution in [0.15, 0.2) is 30.3 Å². The maximum atomic E-state index is 10.8. The first-order valence-electron chi connectivity index (χ1n) is 6.31. The van der Waals surface area contributed by atoms with Gasteiger partial charge in [0.1, 0.15) is 0 Å². The van der Waals surface area contributed by atoms with Crippen molar-refractivity contribution < 1.29 is 9.90 Å². The lowest BCUT2D eigenvalue weighted by atomic mass is 10.00. The van der Waals surface area contributed by atoms with Crippen molar-refractivity contribution in [1.82, 2.24) is 4.90 Å². The van der Waals surface area contributed by atoms with E-state index in [1.807, 2.05) is 30.3 Å². The summed E-state index contributed by atoms with van der Waals surface area (Å²) in [6.45, 7) is 1.40. The summed E-state index contributed by atoms with van der Waals surface area (Å²) in [6.07, 6.45) is 0.702. The van der Waals surface area contributed by atoms with Gasteiger partial charge in [-0.1, -0.05) is 30.3 Å². The summed E-state index contributed by atoms with van der Waals surface area (Å²) in [4.78, 5) is 13.0. The summed E-state index contributed by atoms with van der Waals surface area (Å²) >= 11 is 11.7. The van der Waals surface area contributed by atoms with Gasteiger partial charge in [-0.2, -0.15) is 0 Å². The molecule has 0 heterocycles. The molecule has 0 radical (unpaired) electrons. The highest BCUT2D eigenvalue weighted by Crippen LogP contribution is 2.25. The third-order valence-electron chi connectivity index (χ3n) is 3.00. The van der Waals surface area contributed by atoms with Crippen LogP contribution in [0.1, 0.15) is 24.4 Å². The maximum Gasteiger partial charge on any atom is 0.303 e. The van der Waals surface area contributed by atoms with Gasteiger partial charge in [0.25, 0.3) is 0 Å². The zero-order valence-corrected chi connectivity index (χ0v) is 12.3. The summed E-state index contributed by atoms with van der Waals surface area (Å²) in [5.41, 5.74) is 1.11. The van der Waals surface area contributed by atoms with Crippen molar-refractivity contribution in [3.63, 3.8) is 0 Å². The summed E-state index contributed by atoms with van der Waals surface area (Å²) in [5.74, 6) is 0.234. The van der Waals surface area contributed by atoms with E-state index in [2.05, 4.69) is 4.90 Å². The Labute approximate surface area is 124 Å². The van der Waals surface area contributed by atoms with Crippen LogP contribution in [-0.2, 0) is 4.79 Å². The van der Waals surface area contributed by atoms with E-state index in [1.165, 1.54) is 0 Å². The van der Waals surface area contributed by atoms with Gasteiger partial charge in [-0.3, -0.25) is 9.69 Å². The minimum absolute atomic E-state index is 0.0507. The Morgan fingerprint density at radius 3 is 2.21 bits per heavy atom. The number of hydrogen-bond donors (Lipinski definition) is 1. The third kappa shape index (κ3) is 5.81. The molecular formula is C14H19Cl2NO2. The number of carboxylic acids is 1. The fourth-order valence-electron chi connectivity index (χ4n) is 2.14. The van der Waals surface area contributed by atoms with Crippen molar-refractivity contribution in [3.8, 4) is 0 Å². The minimum atomic E-state index is -0.780. The number of hydrogen-bond acceptors (Lipinski definition) is 2. The molecule has 3 nitrogen and oxygen atoms in total. The molecule has 1 aromatic carbocycles. The number of halogens is 2. The third-order valence-corrected chi connectivity index (χ3v) is 3.34. The molecule has 0 spiro atoms. The van der Waals surface area contributed by atoms with Crippen molar-refractivity contribution >= 4 is 29.2 Å². The van der Waals surface area contributed by atoms with Gasteiger partial charge in [-0.15, -0.1) is 23.2 Å². The van der Waals surface area contributed by atoms with Crippen molar-refractivity contribution in [1.29, 1.82) is 0 Å². The number of carboxylic acid groups (broad SMARTS) is 1. The normalized spacial score (nSPS) is 12.6. The van der Waals surface area contributed by atoms with E-state index in [4.69, 9.17) is 28.3 Å². The van der Waals surface area contributed by atoms with E-state index in [0.717, 1.165) is 5.56 Å². The second-order valence-electron chi connectivity index (χ2n) is 4.27. The van der Waals surface area contributed by atoms with Crippen LogP contribution in [0, 0.1) is 0 Å². The SMILES string of the molecule is O=C(O)CCC(c1ccccc1)N(CCCl)CCCl. The fourth-order valence-corrected chi connectivity index (χ4v) is 2.57. The van der Waals surface area contributed by atoms with Crippen LogP contribution in [0.2, 0.25) is 0 Å². The van der Waals surface area contributed by atoms with Crippen LogP contribution in [0.25, 0.3) is 0 Å². The van der Waals surface area contributed by atoms with E-state index >= 15 is 0 Å². The van der Waals surface area contributed by atoms with Crippen molar-refractivity contribution in [2.75, 3.05) is 24.8 Å². The van der Waals surface area contributed by atoms with E-state index in [1.54, 1.807) is 0 Å². The van der Waals surface area contributed by atoms with E-state index in [-0.39, 0.29) is 12.5 Å². The van der Waals surface area contributed by atoms with Gasteiger partial charge in [-0.25, -0.2) is 0 Å². The zero-order valence-electron chi connectivity index (χ0n) is 10.8. The molecule has 1 unspecified atom stereocenters. The van der Waals surface area contributed by atoms with Crippen LogP contribution in [-0.4, -0.2) is 40.8 Å². The van der Waals surface area contributed by atoms with Crippen molar-refractivity contribution in [3.05, 3.63) is 35.9 Å². The average Bonchev–Trinajstić information content (AvgIpc) is 2.40. The molecule has 5 heteroatoms. The number of aliphatic carboxylic acids is 1. The maximum absolute atomic E-state index is 10.8. The average molecular weight is 304 g/mol. The number of nitrogens with zero attached hydrogens (tertiary/aromatic N) is 1. The highest BCUT2D eigenvalue weighted by Gasteiger charge is 2.20. The summed E-state index contributed by atoms with van der Waals surface area (Å²) in [5, 5.41) is 8.88. The lowest BCUT2D eigenvalue weighted by Gasteiger charge is -2.30. The van der Waals surface area contributed by atoms with E-state index in [0.29, 0.717) is 31.3 Å². The molecule has 0 bridgehead atoms. The molecule has 1 aromatic rings. The second-order valence-corrected chi connectivity index (χ2v) is 5.03. The summed E-state index contributed by atoms with van der Waals surface area (Å²) in [6, 6.07) is 9.95. The van der Waals surface area contributed by atoms with Gasteiger partial charge in [0.15, 0.2) is 0 Å². The Morgan fingerprint density at radius 1 is 1.16 bits per heavy atom. The lowest BCUT2D eigenvalue weighted by molar-refractivity contribution is -0.137. The molecular weight excluding hydrogens is 285 g/mol. The molecule has 1 N–H and O–H groups in total. The van der Waals surface area contributed by atoms with Crippen molar-refractivity contribution in [2.45, 2.75) is 18.9 Å². The van der Waals surface area contributed by atoms with Gasteiger partial charge >= 0.3 is 5.97 Å². The molecule has 1 atom stereocenters. The molecule has 106 valence electrons. The first-order valence-corrected chi connectivity index (χ1v) is 7.38. The molecule has 0 aliphatic rings. The first-order chi connectivity index (χ1) is 9.19. The van der Waals surface area contributed by atoms with Crippen LogP contribution < -0.4 is 0 Å². The Balaban J connectivity index is 2.85. The molecule has 0 saturated heterocycles. The smallest absolute Gasteiger partial charge is 0.303 e. The van der Waals surface area contributed by atoms with E-state index in [9.17, 15) is 4.79 Å². The first kappa shape index (κ1) is 16.3. The van der Waals surface area contributed by atoms with Gasteiger partial charge in [0.2, 0.25) is 0 Å². The van der Waals surface area contributed by atoms with Crippen LogP contribution >= 0.6 is 23.2 Å². The van der Waals surface area contributed by atoms with Crippen molar-refractivity contribution in [2.24, 2.45) is 0 Å². The number of carbonyl (C=O) groups is 1. The fraction of sp³-hybridized carbons (Fsp3) is 0.500. The van der Waals surface area contributed by atoms with Gasteiger partial charge in [0.05, 0.1) is 0 Å². The molecule has 0 amide bonds. The molecule has 0 aliphatic heterocycles. The molecule has 0 aliphatic carbocycles. The standard InChI is InChI=1S/C14H19Cl2NO2/c15-8-10-17(11-9-16)13(6-7-14(18)19)12-4-2-1-3-5-12/h1-5,13H,6-11H2,(H,18,19). The minimum Gasteiger partial charge on any atom is -0.481 e. The Hall–Kier alpha value is -0.770. The highest BCUT2D eigenvalue weighted by molar-refractivity contribution is 6.18. The van der Waals surface area contributed by atoms with Gasteiger partial charge in [0, 0.05) is 37.3 Å².